The Bertz CT molecular complexity index is 250. The molecule has 3 unspecified atom stereocenters. The second-order valence-electron chi connectivity index (χ2n) is 6.66. The van der Waals surface area contributed by atoms with E-state index in [9.17, 15) is 0 Å². The van der Waals surface area contributed by atoms with E-state index in [1.54, 1.807) is 7.11 Å². The number of aliphatic hydroxyl groups is 1. The summed E-state index contributed by atoms with van der Waals surface area (Å²) in [5.41, 5.74) is 0.149. The van der Waals surface area contributed by atoms with Crippen LogP contribution in [0.15, 0.2) is 0 Å². The highest BCUT2D eigenvalue weighted by atomic mass is 16.5. The summed E-state index contributed by atoms with van der Waals surface area (Å²) < 4.78 is 11.2. The standard InChI is InChI=1S/C15H31NO3/c1-11(2)9-19-14-8-13(15(14,3)4)16-12(6-7-17)10-18-5/h11-14,16-17H,6-10H2,1-5H3. The molecule has 0 bridgehead atoms. The van der Waals surface area contributed by atoms with Gasteiger partial charge in [-0.25, -0.2) is 0 Å². The van der Waals surface area contributed by atoms with Crippen molar-refractivity contribution in [3.8, 4) is 0 Å². The molecule has 1 saturated carbocycles. The SMILES string of the molecule is COCC(CCO)NC1CC(OCC(C)C)C1(C)C. The van der Waals surface area contributed by atoms with Crippen LogP contribution in [0, 0.1) is 11.3 Å². The maximum atomic E-state index is 9.07. The van der Waals surface area contributed by atoms with E-state index in [2.05, 4.69) is 33.0 Å². The van der Waals surface area contributed by atoms with E-state index in [4.69, 9.17) is 14.6 Å². The van der Waals surface area contributed by atoms with Crippen LogP contribution in [-0.4, -0.2) is 50.2 Å². The zero-order valence-electron chi connectivity index (χ0n) is 13.1. The van der Waals surface area contributed by atoms with E-state index in [-0.39, 0.29) is 18.1 Å². The lowest BCUT2D eigenvalue weighted by Gasteiger charge is -2.53. The van der Waals surface area contributed by atoms with Crippen molar-refractivity contribution in [2.24, 2.45) is 11.3 Å². The third-order valence-corrected chi connectivity index (χ3v) is 4.09. The number of hydrogen-bond donors (Lipinski definition) is 2. The summed E-state index contributed by atoms with van der Waals surface area (Å²) in [6.45, 7) is 10.5. The van der Waals surface area contributed by atoms with Crippen LogP contribution in [0.25, 0.3) is 0 Å². The minimum Gasteiger partial charge on any atom is -0.396 e. The van der Waals surface area contributed by atoms with Gasteiger partial charge in [-0.15, -0.1) is 0 Å². The predicted octanol–water partition coefficient (Wildman–Crippen LogP) is 1.81. The van der Waals surface area contributed by atoms with Crippen molar-refractivity contribution in [3.05, 3.63) is 0 Å². The lowest BCUT2D eigenvalue weighted by Crippen LogP contribution is -2.63. The molecule has 0 aliphatic heterocycles. The Morgan fingerprint density at radius 1 is 1.32 bits per heavy atom. The van der Waals surface area contributed by atoms with Gasteiger partial charge in [-0.1, -0.05) is 27.7 Å². The normalized spacial score (nSPS) is 27.3. The maximum Gasteiger partial charge on any atom is 0.0656 e. The molecule has 0 aromatic rings. The fourth-order valence-corrected chi connectivity index (χ4v) is 2.62. The van der Waals surface area contributed by atoms with Crippen LogP contribution in [0.2, 0.25) is 0 Å². The van der Waals surface area contributed by atoms with Crippen LogP contribution in [0.3, 0.4) is 0 Å². The van der Waals surface area contributed by atoms with E-state index < -0.39 is 0 Å². The molecule has 4 nitrogen and oxygen atoms in total. The molecule has 0 radical (unpaired) electrons. The summed E-state index contributed by atoms with van der Waals surface area (Å²) in [7, 11) is 1.70. The van der Waals surface area contributed by atoms with Crippen molar-refractivity contribution in [1.29, 1.82) is 0 Å². The quantitative estimate of drug-likeness (QED) is 0.673. The smallest absolute Gasteiger partial charge is 0.0656 e. The Balaban J connectivity index is 2.40. The summed E-state index contributed by atoms with van der Waals surface area (Å²) in [4.78, 5) is 0. The van der Waals surface area contributed by atoms with Crippen molar-refractivity contribution in [1.82, 2.24) is 5.32 Å². The van der Waals surface area contributed by atoms with Crippen LogP contribution in [0.1, 0.15) is 40.5 Å². The average Bonchev–Trinajstić information content (AvgIpc) is 2.32. The second kappa shape index (κ2) is 7.58. The highest BCUT2D eigenvalue weighted by Gasteiger charge is 2.49. The number of rotatable bonds is 9. The molecule has 19 heavy (non-hydrogen) atoms. The first-order valence-corrected chi connectivity index (χ1v) is 7.39. The summed E-state index contributed by atoms with van der Waals surface area (Å²) in [5, 5.41) is 12.7. The van der Waals surface area contributed by atoms with Crippen LogP contribution >= 0.6 is 0 Å². The summed E-state index contributed by atoms with van der Waals surface area (Å²) in [5.74, 6) is 0.582. The molecular formula is C15H31NO3. The molecule has 0 aromatic heterocycles. The fraction of sp³-hybridized carbons (Fsp3) is 1.00. The lowest BCUT2D eigenvalue weighted by atomic mass is 9.64. The van der Waals surface area contributed by atoms with E-state index in [0.29, 0.717) is 24.7 Å². The van der Waals surface area contributed by atoms with Crippen LogP contribution < -0.4 is 5.32 Å². The molecule has 1 fully saturated rings. The van der Waals surface area contributed by atoms with Gasteiger partial charge in [0, 0.05) is 37.8 Å². The fourth-order valence-electron chi connectivity index (χ4n) is 2.62. The number of hydrogen-bond acceptors (Lipinski definition) is 4. The van der Waals surface area contributed by atoms with Gasteiger partial charge in [0.25, 0.3) is 0 Å². The maximum absolute atomic E-state index is 9.07. The van der Waals surface area contributed by atoms with Gasteiger partial charge in [-0.05, 0) is 18.8 Å². The molecule has 0 saturated heterocycles. The monoisotopic (exact) mass is 273 g/mol. The Morgan fingerprint density at radius 3 is 2.47 bits per heavy atom. The first kappa shape index (κ1) is 16.9. The predicted molar refractivity (Wildman–Crippen MR) is 77.3 cm³/mol. The van der Waals surface area contributed by atoms with E-state index in [0.717, 1.165) is 19.4 Å². The van der Waals surface area contributed by atoms with E-state index in [1.165, 1.54) is 0 Å². The van der Waals surface area contributed by atoms with Crippen molar-refractivity contribution in [2.45, 2.75) is 58.7 Å². The molecule has 3 atom stereocenters. The highest BCUT2D eigenvalue weighted by molar-refractivity contribution is 5.03. The number of aliphatic hydroxyl groups excluding tert-OH is 1. The number of nitrogens with one attached hydrogen (secondary N) is 1. The Hall–Kier alpha value is -0.160. The van der Waals surface area contributed by atoms with Gasteiger partial charge >= 0.3 is 0 Å². The van der Waals surface area contributed by atoms with Crippen molar-refractivity contribution in [2.75, 3.05) is 26.9 Å². The largest absolute Gasteiger partial charge is 0.396 e. The minimum absolute atomic E-state index is 0.149. The molecule has 0 heterocycles. The second-order valence-corrected chi connectivity index (χ2v) is 6.66. The molecule has 0 spiro atoms. The lowest BCUT2D eigenvalue weighted by molar-refractivity contribution is -0.127. The zero-order valence-corrected chi connectivity index (χ0v) is 13.1. The van der Waals surface area contributed by atoms with Gasteiger partial charge < -0.3 is 19.9 Å². The third-order valence-electron chi connectivity index (χ3n) is 4.09. The minimum atomic E-state index is 0.149. The zero-order chi connectivity index (χ0) is 14.5. The Labute approximate surface area is 117 Å². The topological polar surface area (TPSA) is 50.7 Å². The van der Waals surface area contributed by atoms with Gasteiger partial charge in [-0.3, -0.25) is 0 Å². The molecule has 114 valence electrons. The van der Waals surface area contributed by atoms with Gasteiger partial charge in [-0.2, -0.15) is 0 Å². The van der Waals surface area contributed by atoms with E-state index >= 15 is 0 Å². The van der Waals surface area contributed by atoms with Gasteiger partial charge in [0.1, 0.15) is 0 Å². The van der Waals surface area contributed by atoms with Crippen LogP contribution in [0.5, 0.6) is 0 Å². The third kappa shape index (κ3) is 4.71. The average molecular weight is 273 g/mol. The molecule has 1 aliphatic rings. The van der Waals surface area contributed by atoms with Gasteiger partial charge in [0.2, 0.25) is 0 Å². The number of methoxy groups -OCH3 is 1. The van der Waals surface area contributed by atoms with Crippen molar-refractivity contribution < 1.29 is 14.6 Å². The first-order valence-electron chi connectivity index (χ1n) is 7.39. The molecule has 1 rings (SSSR count). The number of ether oxygens (including phenoxy) is 2. The van der Waals surface area contributed by atoms with Gasteiger partial charge in [0.15, 0.2) is 0 Å². The molecule has 2 N–H and O–H groups in total. The van der Waals surface area contributed by atoms with Crippen LogP contribution in [-0.2, 0) is 9.47 Å². The van der Waals surface area contributed by atoms with Crippen molar-refractivity contribution in [3.63, 3.8) is 0 Å². The Morgan fingerprint density at radius 2 is 2.00 bits per heavy atom. The molecule has 0 aromatic carbocycles. The highest BCUT2D eigenvalue weighted by Crippen LogP contribution is 2.43. The first-order chi connectivity index (χ1) is 8.91. The molecular weight excluding hydrogens is 242 g/mol. The molecule has 4 heteroatoms. The summed E-state index contributed by atoms with van der Waals surface area (Å²) >= 11 is 0. The van der Waals surface area contributed by atoms with Crippen molar-refractivity contribution >= 4 is 0 Å². The van der Waals surface area contributed by atoms with Gasteiger partial charge in [0.05, 0.1) is 12.7 Å². The Kier molecular flexibility index (Phi) is 6.74. The summed E-state index contributed by atoms with van der Waals surface area (Å²) in [6, 6.07) is 0.668. The molecule has 1 aliphatic carbocycles. The van der Waals surface area contributed by atoms with Crippen LogP contribution in [0.4, 0.5) is 0 Å². The molecule has 0 amide bonds. The van der Waals surface area contributed by atoms with E-state index in [1.807, 2.05) is 0 Å². The summed E-state index contributed by atoms with van der Waals surface area (Å²) in [6.07, 6.45) is 2.12.